The minimum absolute atomic E-state index is 0. The molecule has 0 fully saturated rings. The van der Waals surface area contributed by atoms with E-state index in [0.29, 0.717) is 32.2 Å². The van der Waals surface area contributed by atoms with Gasteiger partial charge in [-0.1, -0.05) is 26.2 Å². The van der Waals surface area contributed by atoms with E-state index >= 15 is 0 Å². The van der Waals surface area contributed by atoms with Crippen LogP contribution in [0.5, 0.6) is 0 Å². The third kappa shape index (κ3) is 11.7. The molecule has 0 aromatic carbocycles. The van der Waals surface area contributed by atoms with Gasteiger partial charge in [0.2, 0.25) is 5.91 Å². The third-order valence-corrected chi connectivity index (χ3v) is 3.06. The Labute approximate surface area is 143 Å². The van der Waals surface area contributed by atoms with Crippen LogP contribution in [0, 0.1) is 0 Å². The van der Waals surface area contributed by atoms with E-state index in [1.54, 1.807) is 6.92 Å². The molecular formula is C14H25FNNaO3. The van der Waals surface area contributed by atoms with Crippen molar-refractivity contribution < 1.29 is 48.6 Å². The average molecular weight is 297 g/mol. The molecule has 1 amide bonds. The van der Waals surface area contributed by atoms with E-state index in [4.69, 9.17) is 0 Å². The van der Waals surface area contributed by atoms with Crippen LogP contribution in [0.25, 0.3) is 0 Å². The first kappa shape index (κ1) is 22.2. The zero-order valence-electron chi connectivity index (χ0n) is 13.0. The molecule has 0 aliphatic heterocycles. The molecule has 0 aliphatic rings. The number of amides is 1. The topological polar surface area (TPSA) is 60.4 Å². The third-order valence-electron chi connectivity index (χ3n) is 3.06. The van der Waals surface area contributed by atoms with Gasteiger partial charge in [-0.25, -0.2) is 4.39 Å². The summed E-state index contributed by atoms with van der Waals surface area (Å²) in [7, 11) is 0. The van der Waals surface area contributed by atoms with Crippen molar-refractivity contribution in [1.29, 1.82) is 0 Å². The molecule has 0 rings (SSSR count). The van der Waals surface area contributed by atoms with E-state index < -0.39 is 12.1 Å². The number of likely N-dealkylation sites (N-methyl/N-ethyl adjacent to an activating group) is 1. The Morgan fingerprint density at radius 2 is 1.80 bits per heavy atom. The maximum absolute atomic E-state index is 13.2. The van der Waals surface area contributed by atoms with E-state index in [2.05, 4.69) is 0 Å². The van der Waals surface area contributed by atoms with Crippen molar-refractivity contribution in [3.05, 3.63) is 0 Å². The Kier molecular flexibility index (Phi) is 15.3. The Balaban J connectivity index is 0. The quantitative estimate of drug-likeness (QED) is 0.351. The van der Waals surface area contributed by atoms with Crippen LogP contribution in [0.2, 0.25) is 0 Å². The van der Waals surface area contributed by atoms with Crippen LogP contribution in [-0.2, 0) is 9.59 Å². The molecule has 0 N–H and O–H groups in total. The largest absolute Gasteiger partial charge is 1.00 e. The number of halogens is 1. The minimum Gasteiger partial charge on any atom is -0.548 e. The Morgan fingerprint density at radius 1 is 1.15 bits per heavy atom. The first-order chi connectivity index (χ1) is 9.01. The number of alkyl halides is 1. The van der Waals surface area contributed by atoms with E-state index in [1.165, 1.54) is 4.90 Å². The molecule has 4 nitrogen and oxygen atoms in total. The second-order valence-corrected chi connectivity index (χ2v) is 4.77. The minimum atomic E-state index is -1.24. The Morgan fingerprint density at radius 3 is 2.30 bits per heavy atom. The number of carboxylic acid groups (broad SMARTS) is 1. The first-order valence-electron chi connectivity index (χ1n) is 7.12. The summed E-state index contributed by atoms with van der Waals surface area (Å²) in [6.07, 6.45) is 3.87. The number of hydrogen-bond donors (Lipinski definition) is 0. The van der Waals surface area contributed by atoms with Gasteiger partial charge in [-0.05, 0) is 26.2 Å². The summed E-state index contributed by atoms with van der Waals surface area (Å²) in [6, 6.07) is 0. The van der Waals surface area contributed by atoms with Gasteiger partial charge in [-0.15, -0.1) is 0 Å². The van der Waals surface area contributed by atoms with Crippen LogP contribution in [-0.4, -0.2) is 36.0 Å². The van der Waals surface area contributed by atoms with Crippen LogP contribution >= 0.6 is 0 Å². The van der Waals surface area contributed by atoms with Crippen molar-refractivity contribution in [1.82, 2.24) is 4.90 Å². The molecule has 0 radical (unpaired) electrons. The van der Waals surface area contributed by atoms with Crippen LogP contribution < -0.4 is 34.7 Å². The van der Waals surface area contributed by atoms with Crippen molar-refractivity contribution in [3.63, 3.8) is 0 Å². The second-order valence-electron chi connectivity index (χ2n) is 4.77. The Bertz CT molecular complexity index is 277. The van der Waals surface area contributed by atoms with Crippen molar-refractivity contribution in [3.8, 4) is 0 Å². The fourth-order valence-electron chi connectivity index (χ4n) is 1.97. The molecule has 0 aromatic rings. The standard InChI is InChI=1S/C14H26FNO3.Na/c1-3-8-12(15)9-6-5-7-10-13(17)16(4-2)11-14(18)19;/h12H,3-11H2,1-2H3,(H,18,19);/q;+1/p-1. The molecule has 0 aromatic heterocycles. The normalized spacial score (nSPS) is 11.6. The molecule has 0 saturated carbocycles. The van der Waals surface area contributed by atoms with Gasteiger partial charge in [0, 0.05) is 13.0 Å². The number of hydrogen-bond acceptors (Lipinski definition) is 3. The van der Waals surface area contributed by atoms with Crippen molar-refractivity contribution in [2.45, 2.75) is 65.0 Å². The first-order valence-corrected chi connectivity index (χ1v) is 7.12. The molecule has 0 heterocycles. The summed E-state index contributed by atoms with van der Waals surface area (Å²) in [5, 5.41) is 10.4. The van der Waals surface area contributed by atoms with Gasteiger partial charge in [0.15, 0.2) is 0 Å². The molecule has 0 aliphatic carbocycles. The zero-order valence-corrected chi connectivity index (χ0v) is 15.0. The van der Waals surface area contributed by atoms with E-state index in [9.17, 15) is 19.1 Å². The van der Waals surface area contributed by atoms with E-state index in [-0.39, 0.29) is 42.0 Å². The molecular weight excluding hydrogens is 272 g/mol. The summed E-state index contributed by atoms with van der Waals surface area (Å²) < 4.78 is 13.2. The maximum Gasteiger partial charge on any atom is 1.00 e. The molecule has 1 atom stereocenters. The number of carbonyl (C=O) groups excluding carboxylic acids is 2. The van der Waals surface area contributed by atoms with Crippen LogP contribution in [0.3, 0.4) is 0 Å². The Hall–Kier alpha value is -0.130. The van der Waals surface area contributed by atoms with Crippen LogP contribution in [0.4, 0.5) is 4.39 Å². The van der Waals surface area contributed by atoms with Gasteiger partial charge in [0.25, 0.3) is 0 Å². The molecule has 0 spiro atoms. The summed E-state index contributed by atoms with van der Waals surface area (Å²) in [5.74, 6) is -1.41. The number of aliphatic carboxylic acids is 1. The number of rotatable bonds is 11. The molecule has 20 heavy (non-hydrogen) atoms. The second kappa shape index (κ2) is 13.8. The average Bonchev–Trinajstić information content (AvgIpc) is 2.35. The van der Waals surface area contributed by atoms with Crippen molar-refractivity contribution in [2.75, 3.05) is 13.1 Å². The summed E-state index contributed by atoms with van der Waals surface area (Å²) in [4.78, 5) is 23.4. The van der Waals surface area contributed by atoms with Crippen LogP contribution in [0.1, 0.15) is 58.8 Å². The van der Waals surface area contributed by atoms with E-state index in [0.717, 1.165) is 19.3 Å². The van der Waals surface area contributed by atoms with Gasteiger partial charge >= 0.3 is 29.6 Å². The molecule has 0 saturated heterocycles. The molecule has 0 bridgehead atoms. The van der Waals surface area contributed by atoms with Gasteiger partial charge in [-0.2, -0.15) is 0 Å². The predicted octanol–water partition coefficient (Wildman–Crippen LogP) is -1.32. The number of unbranched alkanes of at least 4 members (excludes halogenated alkanes) is 2. The van der Waals surface area contributed by atoms with Crippen molar-refractivity contribution in [2.24, 2.45) is 0 Å². The van der Waals surface area contributed by atoms with Gasteiger partial charge in [-0.3, -0.25) is 4.79 Å². The van der Waals surface area contributed by atoms with Gasteiger partial charge < -0.3 is 14.8 Å². The zero-order chi connectivity index (χ0) is 14.7. The predicted molar refractivity (Wildman–Crippen MR) is 70.2 cm³/mol. The van der Waals surface area contributed by atoms with Crippen LogP contribution in [0.15, 0.2) is 0 Å². The molecule has 112 valence electrons. The number of nitrogens with zero attached hydrogens (tertiary/aromatic N) is 1. The summed E-state index contributed by atoms with van der Waals surface area (Å²) in [5.41, 5.74) is 0. The maximum atomic E-state index is 13.2. The summed E-state index contributed by atoms with van der Waals surface area (Å²) >= 11 is 0. The number of carbonyl (C=O) groups is 2. The monoisotopic (exact) mass is 297 g/mol. The van der Waals surface area contributed by atoms with Gasteiger partial charge in [0.05, 0.1) is 12.5 Å². The molecule has 1 unspecified atom stereocenters. The molecule has 6 heteroatoms. The van der Waals surface area contributed by atoms with E-state index in [1.807, 2.05) is 6.92 Å². The number of carboxylic acids is 1. The fraction of sp³-hybridized carbons (Fsp3) is 0.857. The summed E-state index contributed by atoms with van der Waals surface area (Å²) in [6.45, 7) is 3.72. The SMILES string of the molecule is CCCC(F)CCCCCC(=O)N(CC)CC(=O)[O-].[Na+]. The fourth-order valence-corrected chi connectivity index (χ4v) is 1.97. The van der Waals surface area contributed by atoms with Gasteiger partial charge in [0.1, 0.15) is 6.17 Å². The van der Waals surface area contributed by atoms with Crippen molar-refractivity contribution >= 4 is 11.9 Å². The smallest absolute Gasteiger partial charge is 0.548 e.